The topological polar surface area (TPSA) is 41.6 Å². The lowest BCUT2D eigenvalue weighted by molar-refractivity contribution is 0.130. The first kappa shape index (κ1) is 27.2. The second-order valence-electron chi connectivity index (χ2n) is 11.7. The van der Waals surface area contributed by atoms with Crippen LogP contribution in [0, 0.1) is 5.41 Å². The van der Waals surface area contributed by atoms with Gasteiger partial charge in [-0.1, -0.05) is 39.8 Å². The average Bonchev–Trinajstić information content (AvgIpc) is 3.16. The molecule has 1 aliphatic heterocycles. The van der Waals surface area contributed by atoms with Gasteiger partial charge in [-0.25, -0.2) is 13.6 Å². The molecule has 0 radical (unpaired) electrons. The average molecular weight is 511 g/mol. The summed E-state index contributed by atoms with van der Waals surface area (Å²) in [6, 6.07) is 11.2. The molecule has 200 valence electrons. The third-order valence-corrected chi connectivity index (χ3v) is 7.94. The minimum atomic E-state index is -0.686. The summed E-state index contributed by atoms with van der Waals surface area (Å²) in [5.41, 5.74) is 7.71. The van der Waals surface area contributed by atoms with Gasteiger partial charge in [0, 0.05) is 24.8 Å². The van der Waals surface area contributed by atoms with Crippen LogP contribution in [0.5, 0.6) is 0 Å². The molecule has 2 atom stereocenters. The number of carbonyl (C=O) groups excluding carboxylic acids is 1. The Morgan fingerprint density at radius 1 is 1.11 bits per heavy atom. The molecule has 2 aromatic carbocycles. The second-order valence-corrected chi connectivity index (χ2v) is 11.7. The number of benzene rings is 2. The number of amides is 1. The van der Waals surface area contributed by atoms with E-state index in [4.69, 9.17) is 4.74 Å². The Morgan fingerprint density at radius 2 is 1.78 bits per heavy atom. The van der Waals surface area contributed by atoms with Crippen molar-refractivity contribution < 1.29 is 18.3 Å². The number of cyclic esters (lactones) is 1. The molecule has 4 nitrogen and oxygen atoms in total. The van der Waals surface area contributed by atoms with Crippen molar-refractivity contribution in [3.63, 3.8) is 0 Å². The normalized spacial score (nSPS) is 21.5. The van der Waals surface area contributed by atoms with E-state index in [0.29, 0.717) is 29.2 Å². The van der Waals surface area contributed by atoms with Gasteiger partial charge >= 0.3 is 6.09 Å². The fourth-order valence-electron chi connectivity index (χ4n) is 5.75. The molecule has 4 rings (SSSR count). The van der Waals surface area contributed by atoms with Crippen molar-refractivity contribution in [2.24, 2.45) is 5.41 Å². The van der Waals surface area contributed by atoms with Crippen LogP contribution in [-0.4, -0.2) is 30.6 Å². The summed E-state index contributed by atoms with van der Waals surface area (Å²) < 4.78 is 32.7. The van der Waals surface area contributed by atoms with Gasteiger partial charge in [-0.05, 0) is 95.2 Å². The van der Waals surface area contributed by atoms with Crippen molar-refractivity contribution in [1.29, 1.82) is 0 Å². The predicted molar refractivity (Wildman–Crippen MR) is 146 cm³/mol. The number of hydrogen-bond donors (Lipinski definition) is 1. The van der Waals surface area contributed by atoms with E-state index < -0.39 is 19.5 Å². The first-order valence-corrected chi connectivity index (χ1v) is 13.3. The highest BCUT2D eigenvalue weighted by Gasteiger charge is 2.41. The van der Waals surface area contributed by atoms with Gasteiger partial charge in [0.1, 0.15) is 19.5 Å². The Hall–Kier alpha value is -2.89. The summed E-state index contributed by atoms with van der Waals surface area (Å²) in [5, 5.41) is 3.36. The summed E-state index contributed by atoms with van der Waals surface area (Å²) in [6.45, 7) is 10.0. The Morgan fingerprint density at radius 3 is 2.38 bits per heavy atom. The van der Waals surface area contributed by atoms with E-state index in [1.165, 1.54) is 28.3 Å². The van der Waals surface area contributed by atoms with Crippen LogP contribution in [-0.2, 0) is 18.1 Å². The van der Waals surface area contributed by atoms with Crippen LogP contribution in [0.25, 0.3) is 5.57 Å². The van der Waals surface area contributed by atoms with Crippen LogP contribution in [0.1, 0.15) is 93.7 Å². The van der Waals surface area contributed by atoms with Gasteiger partial charge in [0.25, 0.3) is 0 Å². The maximum absolute atomic E-state index is 13.4. The highest BCUT2D eigenvalue weighted by Crippen LogP contribution is 2.46. The zero-order valence-corrected chi connectivity index (χ0v) is 23.0. The van der Waals surface area contributed by atoms with Gasteiger partial charge < -0.3 is 10.1 Å². The molecule has 37 heavy (non-hydrogen) atoms. The zero-order chi connectivity index (χ0) is 26.9. The van der Waals surface area contributed by atoms with Crippen LogP contribution in [0.2, 0.25) is 0 Å². The molecule has 0 unspecified atom stereocenters. The van der Waals surface area contributed by atoms with E-state index in [9.17, 15) is 13.6 Å². The molecule has 6 heteroatoms. The molecule has 0 saturated carbocycles. The van der Waals surface area contributed by atoms with E-state index >= 15 is 0 Å². The lowest BCUT2D eigenvalue weighted by Gasteiger charge is -2.36. The Bertz CT molecular complexity index is 1170. The largest absolute Gasteiger partial charge is 0.439 e. The van der Waals surface area contributed by atoms with Crippen molar-refractivity contribution in [2.75, 3.05) is 18.9 Å². The molecule has 1 fully saturated rings. The molecule has 2 aromatic rings. The van der Waals surface area contributed by atoms with Crippen molar-refractivity contribution in [3.8, 4) is 0 Å². The van der Waals surface area contributed by atoms with Gasteiger partial charge in [0.2, 0.25) is 0 Å². The molecular formula is C31H40F2N2O2. The summed E-state index contributed by atoms with van der Waals surface area (Å²) >= 11 is 0. The smallest absolute Gasteiger partial charge is 0.411 e. The highest BCUT2D eigenvalue weighted by molar-refractivity contribution is 5.80. The van der Waals surface area contributed by atoms with Crippen LogP contribution >= 0.6 is 0 Å². The number of anilines is 1. The number of carbonyl (C=O) groups is 1. The first-order valence-electron chi connectivity index (χ1n) is 13.3. The number of nitrogens with zero attached hydrogens (tertiary/aromatic N) is 1. The molecule has 0 bridgehead atoms. The van der Waals surface area contributed by atoms with Crippen molar-refractivity contribution in [1.82, 2.24) is 4.90 Å². The third-order valence-electron chi connectivity index (χ3n) is 7.94. The van der Waals surface area contributed by atoms with E-state index in [2.05, 4.69) is 51.2 Å². The number of nitrogens with one attached hydrogen (secondary N) is 1. The Kier molecular flexibility index (Phi) is 7.96. The molecular weight excluding hydrogens is 470 g/mol. The van der Waals surface area contributed by atoms with Crippen LogP contribution in [0.3, 0.4) is 0 Å². The van der Waals surface area contributed by atoms with E-state index in [1.54, 1.807) is 17.0 Å². The third kappa shape index (κ3) is 5.68. The summed E-state index contributed by atoms with van der Waals surface area (Å²) in [7, 11) is 1.95. The number of alkyl halides is 2. The predicted octanol–water partition coefficient (Wildman–Crippen LogP) is 8.34. The lowest BCUT2D eigenvalue weighted by Crippen LogP contribution is -2.35. The highest BCUT2D eigenvalue weighted by atomic mass is 19.1. The maximum atomic E-state index is 13.4. The summed E-state index contributed by atoms with van der Waals surface area (Å²) in [5.74, 6) is 0.414. The van der Waals surface area contributed by atoms with E-state index in [1.807, 2.05) is 14.0 Å². The molecule has 1 heterocycles. The standard InChI is InChI=1S/C31H40F2N2O2/c1-19(2)23-7-8-28(34-6)27(14-23)26-9-10-31(4,5)15-25(26)18-35-20(3)29(37-30(35)36)24-12-21(16-32)11-22(13-24)17-33/h7-8,11-14,19-20,29,34H,9-10,15-18H2,1-6H3/t20-,29-/m0/s1. The van der Waals surface area contributed by atoms with Gasteiger partial charge in [0.05, 0.1) is 6.04 Å². The fourth-order valence-corrected chi connectivity index (χ4v) is 5.75. The zero-order valence-electron chi connectivity index (χ0n) is 23.0. The number of halogens is 2. The molecule has 1 N–H and O–H groups in total. The van der Waals surface area contributed by atoms with Crippen LogP contribution < -0.4 is 5.32 Å². The number of hydrogen-bond acceptors (Lipinski definition) is 3. The molecule has 1 saturated heterocycles. The fraction of sp³-hybridized carbons (Fsp3) is 0.516. The van der Waals surface area contributed by atoms with Gasteiger partial charge in [-0.3, -0.25) is 4.90 Å². The number of allylic oxidation sites excluding steroid dienone is 1. The van der Waals surface area contributed by atoms with E-state index in [-0.39, 0.29) is 17.6 Å². The van der Waals surface area contributed by atoms with Gasteiger partial charge in [0.15, 0.2) is 0 Å². The van der Waals surface area contributed by atoms with Crippen LogP contribution in [0.15, 0.2) is 42.0 Å². The van der Waals surface area contributed by atoms with Crippen molar-refractivity contribution in [2.45, 2.75) is 85.3 Å². The van der Waals surface area contributed by atoms with Crippen molar-refractivity contribution in [3.05, 3.63) is 69.8 Å². The summed E-state index contributed by atoms with van der Waals surface area (Å²) in [4.78, 5) is 14.9. The van der Waals surface area contributed by atoms with Gasteiger partial charge in [-0.15, -0.1) is 0 Å². The maximum Gasteiger partial charge on any atom is 0.411 e. The molecule has 2 aliphatic rings. The Labute approximate surface area is 220 Å². The SMILES string of the molecule is CNc1ccc(C(C)C)cc1C1=C(CN2C(=O)O[C@H](c3cc(CF)cc(CF)c3)[C@@H]2C)CC(C)(C)CC1. The van der Waals surface area contributed by atoms with Crippen LogP contribution in [0.4, 0.5) is 19.3 Å². The Balaban J connectivity index is 1.71. The van der Waals surface area contributed by atoms with E-state index in [0.717, 1.165) is 24.9 Å². The number of ether oxygens (including phenoxy) is 1. The monoisotopic (exact) mass is 510 g/mol. The second kappa shape index (κ2) is 10.8. The molecule has 1 amide bonds. The quantitative estimate of drug-likeness (QED) is 0.388. The minimum Gasteiger partial charge on any atom is -0.439 e. The molecule has 0 aromatic heterocycles. The molecule has 0 spiro atoms. The van der Waals surface area contributed by atoms with Crippen molar-refractivity contribution >= 4 is 17.4 Å². The lowest BCUT2D eigenvalue weighted by atomic mass is 9.72. The van der Waals surface area contributed by atoms with Gasteiger partial charge in [-0.2, -0.15) is 0 Å². The summed E-state index contributed by atoms with van der Waals surface area (Å²) in [6.07, 6.45) is 1.96. The minimum absolute atomic E-state index is 0.131. The molecule has 1 aliphatic carbocycles. The first-order chi connectivity index (χ1) is 17.6. The number of rotatable bonds is 8.